The Morgan fingerprint density at radius 3 is 2.48 bits per heavy atom. The molecule has 0 heterocycles. The zero-order valence-corrected chi connectivity index (χ0v) is 12.2. The van der Waals surface area contributed by atoms with Gasteiger partial charge in [0.1, 0.15) is 5.82 Å². The van der Waals surface area contributed by atoms with Gasteiger partial charge in [0.25, 0.3) is 5.91 Å². The fourth-order valence-corrected chi connectivity index (χ4v) is 2.58. The summed E-state index contributed by atoms with van der Waals surface area (Å²) < 4.78 is 13.9. The van der Waals surface area contributed by atoms with Crippen molar-refractivity contribution in [2.45, 2.75) is 25.4 Å². The lowest BCUT2D eigenvalue weighted by Crippen LogP contribution is -2.33. The van der Waals surface area contributed by atoms with Crippen molar-refractivity contribution in [1.29, 1.82) is 0 Å². The molecule has 0 aliphatic heterocycles. The van der Waals surface area contributed by atoms with Crippen LogP contribution in [0.15, 0.2) is 48.5 Å². The van der Waals surface area contributed by atoms with Gasteiger partial charge in [0.05, 0.1) is 6.54 Å². The van der Waals surface area contributed by atoms with Crippen LogP contribution in [0.5, 0.6) is 0 Å². The minimum Gasteiger partial charge on any atom is -0.331 e. The molecule has 2 aromatic rings. The van der Waals surface area contributed by atoms with Gasteiger partial charge in [0.15, 0.2) is 0 Å². The van der Waals surface area contributed by atoms with Crippen LogP contribution in [0, 0.1) is 5.82 Å². The molecule has 0 aromatic heterocycles. The number of hydrogen-bond acceptors (Lipinski definition) is 1. The summed E-state index contributed by atoms with van der Waals surface area (Å²) in [5, 5.41) is 0.363. The zero-order valence-electron chi connectivity index (χ0n) is 11.4. The van der Waals surface area contributed by atoms with Crippen LogP contribution >= 0.6 is 11.6 Å². The van der Waals surface area contributed by atoms with Crippen LogP contribution in [0.25, 0.3) is 0 Å². The Morgan fingerprint density at radius 1 is 1.14 bits per heavy atom. The highest BCUT2D eigenvalue weighted by atomic mass is 35.5. The van der Waals surface area contributed by atoms with Crippen molar-refractivity contribution in [3.05, 3.63) is 70.5 Å². The van der Waals surface area contributed by atoms with Gasteiger partial charge in [0, 0.05) is 22.2 Å². The number of carbonyl (C=O) groups excluding carboxylic acids is 1. The zero-order chi connectivity index (χ0) is 14.8. The van der Waals surface area contributed by atoms with E-state index in [-0.39, 0.29) is 24.3 Å². The lowest BCUT2D eigenvalue weighted by atomic mass is 10.1. The lowest BCUT2D eigenvalue weighted by molar-refractivity contribution is 0.0728. The minimum absolute atomic E-state index is 0.0718. The molecule has 4 heteroatoms. The van der Waals surface area contributed by atoms with Crippen molar-refractivity contribution >= 4 is 17.5 Å². The standard InChI is InChI=1S/C17H15ClFNO/c18-15-7-4-8-16(19)14(15)11-20(13-9-10-13)17(21)12-5-2-1-3-6-12/h1-8,13H,9-11H2. The number of carbonyl (C=O) groups is 1. The SMILES string of the molecule is O=C(c1ccccc1)N(Cc1c(F)cccc1Cl)C1CC1. The predicted molar refractivity (Wildman–Crippen MR) is 80.7 cm³/mol. The van der Waals surface area contributed by atoms with E-state index in [2.05, 4.69) is 0 Å². The molecule has 1 aliphatic carbocycles. The maximum atomic E-state index is 13.9. The first-order chi connectivity index (χ1) is 10.2. The van der Waals surface area contributed by atoms with E-state index < -0.39 is 0 Å². The van der Waals surface area contributed by atoms with E-state index in [0.717, 1.165) is 12.8 Å². The van der Waals surface area contributed by atoms with Gasteiger partial charge in [-0.2, -0.15) is 0 Å². The molecule has 0 saturated heterocycles. The average Bonchev–Trinajstić information content (AvgIpc) is 3.32. The summed E-state index contributed by atoms with van der Waals surface area (Å²) in [4.78, 5) is 14.3. The average molecular weight is 304 g/mol. The largest absolute Gasteiger partial charge is 0.331 e. The summed E-state index contributed by atoms with van der Waals surface area (Å²) in [6.07, 6.45) is 1.93. The second-order valence-electron chi connectivity index (χ2n) is 5.23. The first kappa shape index (κ1) is 14.1. The molecule has 0 spiro atoms. The molecule has 0 bridgehead atoms. The van der Waals surface area contributed by atoms with Crippen LogP contribution in [0.3, 0.4) is 0 Å². The van der Waals surface area contributed by atoms with Gasteiger partial charge >= 0.3 is 0 Å². The van der Waals surface area contributed by atoms with Crippen LogP contribution < -0.4 is 0 Å². The molecular formula is C17H15ClFNO. The third-order valence-corrected chi connectivity index (χ3v) is 4.01. The molecule has 3 rings (SSSR count). The summed E-state index contributed by atoms with van der Waals surface area (Å²) in [6, 6.07) is 13.9. The molecule has 1 saturated carbocycles. The molecule has 2 aromatic carbocycles. The van der Waals surface area contributed by atoms with E-state index in [1.165, 1.54) is 6.07 Å². The molecule has 108 valence electrons. The number of hydrogen-bond donors (Lipinski definition) is 0. The molecule has 1 fully saturated rings. The summed E-state index contributed by atoms with van der Waals surface area (Å²) in [5.74, 6) is -0.438. The fourth-order valence-electron chi connectivity index (χ4n) is 2.35. The van der Waals surface area contributed by atoms with Crippen molar-refractivity contribution in [3.8, 4) is 0 Å². The van der Waals surface area contributed by atoms with E-state index >= 15 is 0 Å². The number of nitrogens with zero attached hydrogens (tertiary/aromatic N) is 1. The number of amides is 1. The van der Waals surface area contributed by atoms with Gasteiger partial charge in [-0.1, -0.05) is 35.9 Å². The van der Waals surface area contributed by atoms with Gasteiger partial charge in [-0.15, -0.1) is 0 Å². The summed E-state index contributed by atoms with van der Waals surface area (Å²) >= 11 is 6.07. The van der Waals surface area contributed by atoms with Crippen LogP contribution in [0.4, 0.5) is 4.39 Å². The van der Waals surface area contributed by atoms with Crippen molar-refractivity contribution < 1.29 is 9.18 Å². The monoisotopic (exact) mass is 303 g/mol. The Labute approximate surface area is 128 Å². The van der Waals surface area contributed by atoms with E-state index in [4.69, 9.17) is 11.6 Å². The van der Waals surface area contributed by atoms with Crippen LogP contribution in [0.2, 0.25) is 5.02 Å². The Hall–Kier alpha value is -1.87. The number of benzene rings is 2. The molecule has 0 unspecified atom stereocenters. The fraction of sp³-hybridized carbons (Fsp3) is 0.235. The maximum absolute atomic E-state index is 13.9. The summed E-state index contributed by atoms with van der Waals surface area (Å²) in [7, 11) is 0. The van der Waals surface area contributed by atoms with Gasteiger partial charge < -0.3 is 4.90 Å². The Morgan fingerprint density at radius 2 is 1.86 bits per heavy atom. The van der Waals surface area contributed by atoms with Crippen molar-refractivity contribution in [2.24, 2.45) is 0 Å². The first-order valence-corrected chi connectivity index (χ1v) is 7.33. The van der Waals surface area contributed by atoms with Crippen molar-refractivity contribution in [1.82, 2.24) is 4.90 Å². The van der Waals surface area contributed by atoms with E-state index in [1.54, 1.807) is 29.2 Å². The normalized spacial score (nSPS) is 14.0. The molecule has 0 N–H and O–H groups in total. The van der Waals surface area contributed by atoms with Gasteiger partial charge in [-0.05, 0) is 37.1 Å². The highest BCUT2D eigenvalue weighted by molar-refractivity contribution is 6.31. The first-order valence-electron chi connectivity index (χ1n) is 6.95. The van der Waals surface area contributed by atoms with Crippen LogP contribution in [-0.4, -0.2) is 16.8 Å². The number of rotatable bonds is 4. The second kappa shape index (κ2) is 5.86. The lowest BCUT2D eigenvalue weighted by Gasteiger charge is -2.23. The maximum Gasteiger partial charge on any atom is 0.254 e. The minimum atomic E-state index is -0.367. The van der Waals surface area contributed by atoms with Gasteiger partial charge in [0.2, 0.25) is 0 Å². The molecular weight excluding hydrogens is 289 g/mol. The quantitative estimate of drug-likeness (QED) is 0.825. The number of halogens is 2. The van der Waals surface area contributed by atoms with E-state index in [9.17, 15) is 9.18 Å². The van der Waals surface area contributed by atoms with E-state index in [0.29, 0.717) is 16.1 Å². The molecule has 21 heavy (non-hydrogen) atoms. The van der Waals surface area contributed by atoms with Gasteiger partial charge in [-0.3, -0.25) is 4.79 Å². The smallest absolute Gasteiger partial charge is 0.254 e. The Balaban J connectivity index is 1.88. The third-order valence-electron chi connectivity index (χ3n) is 3.66. The highest BCUT2D eigenvalue weighted by Gasteiger charge is 2.33. The summed E-state index contributed by atoms with van der Waals surface area (Å²) in [6.45, 7) is 0.212. The third kappa shape index (κ3) is 3.08. The Bertz CT molecular complexity index is 635. The topological polar surface area (TPSA) is 20.3 Å². The van der Waals surface area contributed by atoms with Crippen molar-refractivity contribution in [3.63, 3.8) is 0 Å². The summed E-state index contributed by atoms with van der Waals surface area (Å²) in [5.41, 5.74) is 1.01. The van der Waals surface area contributed by atoms with Gasteiger partial charge in [-0.25, -0.2) is 4.39 Å². The molecule has 1 amide bonds. The second-order valence-corrected chi connectivity index (χ2v) is 5.64. The van der Waals surface area contributed by atoms with Crippen LogP contribution in [-0.2, 0) is 6.54 Å². The molecule has 2 nitrogen and oxygen atoms in total. The van der Waals surface area contributed by atoms with Crippen LogP contribution in [0.1, 0.15) is 28.8 Å². The molecule has 0 atom stereocenters. The predicted octanol–water partition coefficient (Wildman–Crippen LogP) is 4.28. The van der Waals surface area contributed by atoms with E-state index in [1.807, 2.05) is 18.2 Å². The molecule has 1 aliphatic rings. The molecule has 0 radical (unpaired) electrons. The highest BCUT2D eigenvalue weighted by Crippen LogP contribution is 2.31. The Kier molecular flexibility index (Phi) is 3.93. The van der Waals surface area contributed by atoms with Crippen molar-refractivity contribution in [2.75, 3.05) is 0 Å².